The van der Waals surface area contributed by atoms with E-state index in [1.165, 1.54) is 0 Å². The molecular formula is C17H13IN2O3S. The Labute approximate surface area is 156 Å². The summed E-state index contributed by atoms with van der Waals surface area (Å²) in [6.45, 7) is 0. The number of halogens is 1. The van der Waals surface area contributed by atoms with E-state index in [0.717, 1.165) is 37.7 Å². The standard InChI is InChI=1S/C17H13IN2O3S/c1-23-14-7-6-10(8-11(14)18)9-15(16(21)22)24-17-19-12-4-2-3-5-13(12)20-17/h2-9H,1H3,(H,19,20)(H,21,22)/b15-9-. The van der Waals surface area contributed by atoms with E-state index in [-0.39, 0.29) is 4.91 Å². The number of rotatable bonds is 5. The Kier molecular flexibility index (Phi) is 5.10. The van der Waals surface area contributed by atoms with Crippen molar-refractivity contribution in [1.82, 2.24) is 9.97 Å². The number of hydrogen-bond donors (Lipinski definition) is 2. The largest absolute Gasteiger partial charge is 0.496 e. The molecule has 0 saturated carbocycles. The van der Waals surface area contributed by atoms with Crippen molar-refractivity contribution < 1.29 is 14.6 Å². The number of thioether (sulfide) groups is 1. The summed E-state index contributed by atoms with van der Waals surface area (Å²) in [7, 11) is 1.60. The minimum absolute atomic E-state index is 0.190. The van der Waals surface area contributed by atoms with Gasteiger partial charge in [-0.15, -0.1) is 0 Å². The lowest BCUT2D eigenvalue weighted by Crippen LogP contribution is -1.97. The van der Waals surface area contributed by atoms with Gasteiger partial charge in [0.2, 0.25) is 0 Å². The second-order valence-corrected chi connectivity index (χ2v) is 7.06. The molecule has 0 aliphatic carbocycles. The van der Waals surface area contributed by atoms with Gasteiger partial charge < -0.3 is 14.8 Å². The highest BCUT2D eigenvalue weighted by atomic mass is 127. The number of benzene rings is 2. The number of carboxylic acid groups (broad SMARTS) is 1. The molecule has 0 amide bonds. The highest BCUT2D eigenvalue weighted by Gasteiger charge is 2.13. The Hall–Kier alpha value is -2.00. The van der Waals surface area contributed by atoms with Crippen LogP contribution >= 0.6 is 34.4 Å². The van der Waals surface area contributed by atoms with Crippen molar-refractivity contribution in [3.8, 4) is 5.75 Å². The third-order valence-corrected chi connectivity index (χ3v) is 5.00. The maximum absolute atomic E-state index is 11.6. The van der Waals surface area contributed by atoms with Gasteiger partial charge in [0.15, 0.2) is 5.16 Å². The molecule has 1 heterocycles. The van der Waals surface area contributed by atoms with Crippen LogP contribution in [0.15, 0.2) is 52.5 Å². The van der Waals surface area contributed by atoms with Crippen molar-refractivity contribution in [1.29, 1.82) is 0 Å². The quantitative estimate of drug-likeness (QED) is 0.341. The van der Waals surface area contributed by atoms with Crippen LogP contribution in [-0.2, 0) is 4.79 Å². The van der Waals surface area contributed by atoms with Crippen LogP contribution in [0.25, 0.3) is 17.1 Å². The summed E-state index contributed by atoms with van der Waals surface area (Å²) in [6, 6.07) is 13.1. The Bertz CT molecular complexity index is 903. The maximum Gasteiger partial charge on any atom is 0.342 e. The number of nitrogens with zero attached hydrogens (tertiary/aromatic N) is 1. The lowest BCUT2D eigenvalue weighted by atomic mass is 10.2. The molecule has 24 heavy (non-hydrogen) atoms. The van der Waals surface area contributed by atoms with E-state index in [4.69, 9.17) is 4.74 Å². The number of fused-ring (bicyclic) bond motifs is 1. The third kappa shape index (κ3) is 3.73. The van der Waals surface area contributed by atoms with Crippen molar-refractivity contribution in [2.24, 2.45) is 0 Å². The van der Waals surface area contributed by atoms with Crippen LogP contribution in [0, 0.1) is 3.57 Å². The van der Waals surface area contributed by atoms with Gasteiger partial charge in [-0.25, -0.2) is 9.78 Å². The topological polar surface area (TPSA) is 75.2 Å². The van der Waals surface area contributed by atoms with E-state index in [9.17, 15) is 9.90 Å². The number of aromatic amines is 1. The number of H-pyrrole nitrogens is 1. The fourth-order valence-electron chi connectivity index (χ4n) is 2.14. The van der Waals surface area contributed by atoms with E-state index in [2.05, 4.69) is 32.6 Å². The molecule has 0 fully saturated rings. The van der Waals surface area contributed by atoms with Crippen molar-refractivity contribution in [2.45, 2.75) is 5.16 Å². The summed E-state index contributed by atoms with van der Waals surface area (Å²) in [5, 5.41) is 10.0. The van der Waals surface area contributed by atoms with Gasteiger partial charge in [0.1, 0.15) is 10.7 Å². The molecule has 2 aromatic carbocycles. The first-order chi connectivity index (χ1) is 11.6. The molecular weight excluding hydrogens is 439 g/mol. The normalized spacial score (nSPS) is 11.7. The van der Waals surface area contributed by atoms with Gasteiger partial charge >= 0.3 is 5.97 Å². The average molecular weight is 452 g/mol. The van der Waals surface area contributed by atoms with Crippen molar-refractivity contribution in [2.75, 3.05) is 7.11 Å². The van der Waals surface area contributed by atoms with E-state index < -0.39 is 5.97 Å². The highest BCUT2D eigenvalue weighted by Crippen LogP contribution is 2.29. The fraction of sp³-hybridized carbons (Fsp3) is 0.0588. The van der Waals surface area contributed by atoms with Crippen LogP contribution in [0.2, 0.25) is 0 Å². The summed E-state index contributed by atoms with van der Waals surface area (Å²) in [5.41, 5.74) is 2.48. The van der Waals surface area contributed by atoms with Crippen LogP contribution in [0.5, 0.6) is 5.75 Å². The molecule has 5 nitrogen and oxygen atoms in total. The first kappa shape index (κ1) is 16.8. The Morgan fingerprint density at radius 1 is 1.33 bits per heavy atom. The zero-order valence-corrected chi connectivity index (χ0v) is 15.6. The lowest BCUT2D eigenvalue weighted by molar-refractivity contribution is -0.131. The Morgan fingerprint density at radius 3 is 2.79 bits per heavy atom. The predicted molar refractivity (Wildman–Crippen MR) is 103 cm³/mol. The Morgan fingerprint density at radius 2 is 2.12 bits per heavy atom. The smallest absolute Gasteiger partial charge is 0.342 e. The zero-order chi connectivity index (χ0) is 17.1. The van der Waals surface area contributed by atoms with Gasteiger partial charge in [0.05, 0.1) is 21.7 Å². The van der Waals surface area contributed by atoms with Crippen LogP contribution in [-0.4, -0.2) is 28.2 Å². The Balaban J connectivity index is 1.91. The molecule has 7 heteroatoms. The number of carboxylic acids is 1. The molecule has 0 saturated heterocycles. The number of methoxy groups -OCH3 is 1. The van der Waals surface area contributed by atoms with Crippen LogP contribution in [0.1, 0.15) is 5.56 Å². The molecule has 3 aromatic rings. The molecule has 122 valence electrons. The molecule has 0 radical (unpaired) electrons. The van der Waals surface area contributed by atoms with Gasteiger partial charge in [-0.2, -0.15) is 0 Å². The minimum atomic E-state index is -0.994. The van der Waals surface area contributed by atoms with Gasteiger partial charge in [-0.05, 0) is 70.3 Å². The molecule has 0 unspecified atom stereocenters. The second kappa shape index (κ2) is 7.27. The van der Waals surface area contributed by atoms with E-state index >= 15 is 0 Å². The van der Waals surface area contributed by atoms with E-state index in [1.807, 2.05) is 42.5 Å². The lowest BCUT2D eigenvalue weighted by Gasteiger charge is -2.05. The second-order valence-electron chi connectivity index (χ2n) is 4.87. The number of aliphatic carboxylic acids is 1. The average Bonchev–Trinajstić information content (AvgIpc) is 2.96. The minimum Gasteiger partial charge on any atom is -0.496 e. The number of imidazole rings is 1. The van der Waals surface area contributed by atoms with Crippen LogP contribution in [0.3, 0.4) is 0 Å². The molecule has 2 N–H and O–H groups in total. The fourth-order valence-corrected chi connectivity index (χ4v) is 3.70. The molecule has 0 aliphatic heterocycles. The predicted octanol–water partition coefficient (Wildman–Crippen LogP) is 4.39. The van der Waals surface area contributed by atoms with Crippen molar-refractivity contribution in [3.63, 3.8) is 0 Å². The van der Waals surface area contributed by atoms with E-state index in [1.54, 1.807) is 13.2 Å². The number of nitrogens with one attached hydrogen (secondary N) is 1. The van der Waals surface area contributed by atoms with E-state index in [0.29, 0.717) is 5.16 Å². The maximum atomic E-state index is 11.6. The van der Waals surface area contributed by atoms with Crippen molar-refractivity contribution in [3.05, 3.63) is 56.5 Å². The SMILES string of the molecule is COc1ccc(/C=C(\Sc2nc3ccccc3[nH]2)C(=O)O)cc1I. The molecule has 0 spiro atoms. The summed E-state index contributed by atoms with van der Waals surface area (Å²) < 4.78 is 6.14. The molecule has 1 aromatic heterocycles. The highest BCUT2D eigenvalue weighted by molar-refractivity contribution is 14.1. The molecule has 0 atom stereocenters. The number of aromatic nitrogens is 2. The van der Waals surface area contributed by atoms with Gasteiger partial charge in [0.25, 0.3) is 0 Å². The van der Waals surface area contributed by atoms with Crippen LogP contribution in [0.4, 0.5) is 0 Å². The van der Waals surface area contributed by atoms with Gasteiger partial charge in [0, 0.05) is 0 Å². The monoisotopic (exact) mass is 452 g/mol. The van der Waals surface area contributed by atoms with Crippen LogP contribution < -0.4 is 4.74 Å². The first-order valence-corrected chi connectivity index (χ1v) is 8.87. The first-order valence-electron chi connectivity index (χ1n) is 6.98. The summed E-state index contributed by atoms with van der Waals surface area (Å²) in [5.74, 6) is -0.235. The van der Waals surface area contributed by atoms with Crippen molar-refractivity contribution >= 4 is 57.4 Å². The molecule has 3 rings (SSSR count). The number of ether oxygens (including phenoxy) is 1. The third-order valence-electron chi connectivity index (χ3n) is 3.26. The van der Waals surface area contributed by atoms with Gasteiger partial charge in [-0.3, -0.25) is 0 Å². The summed E-state index contributed by atoms with van der Waals surface area (Å²) in [4.78, 5) is 19.3. The number of hydrogen-bond acceptors (Lipinski definition) is 4. The summed E-state index contributed by atoms with van der Waals surface area (Å²) in [6.07, 6.45) is 1.63. The number of carbonyl (C=O) groups is 1. The molecule has 0 bridgehead atoms. The van der Waals surface area contributed by atoms with Gasteiger partial charge in [-0.1, -0.05) is 18.2 Å². The summed E-state index contributed by atoms with van der Waals surface area (Å²) >= 11 is 3.25. The molecule has 0 aliphatic rings. The zero-order valence-electron chi connectivity index (χ0n) is 12.6. The number of para-hydroxylation sites is 2.